The lowest BCUT2D eigenvalue weighted by molar-refractivity contribution is 0.290. The highest BCUT2D eigenvalue weighted by Gasteiger charge is 2.11. The summed E-state index contributed by atoms with van der Waals surface area (Å²) in [5.74, 6) is 2.47. The van der Waals surface area contributed by atoms with E-state index in [0.717, 1.165) is 0 Å². The lowest BCUT2D eigenvalue weighted by Gasteiger charge is -2.07. The molecule has 2 aromatic carbocycles. The van der Waals surface area contributed by atoms with Gasteiger partial charge in [0.05, 0.1) is 16.7 Å². The van der Waals surface area contributed by atoms with Crippen molar-refractivity contribution in [1.82, 2.24) is 24.7 Å². The molecule has 9 heteroatoms. The van der Waals surface area contributed by atoms with Crippen molar-refractivity contribution < 1.29 is 4.74 Å². The van der Waals surface area contributed by atoms with Gasteiger partial charge < -0.3 is 14.3 Å². The zero-order valence-electron chi connectivity index (χ0n) is 14.9. The summed E-state index contributed by atoms with van der Waals surface area (Å²) in [6.45, 7) is 0.288. The summed E-state index contributed by atoms with van der Waals surface area (Å²) in [7, 11) is 1.87. The predicted octanol–water partition coefficient (Wildman–Crippen LogP) is 3.58. The van der Waals surface area contributed by atoms with Gasteiger partial charge in [-0.25, -0.2) is 4.98 Å². The van der Waals surface area contributed by atoms with Crippen LogP contribution in [-0.2, 0) is 19.4 Å². The van der Waals surface area contributed by atoms with Gasteiger partial charge in [0, 0.05) is 12.1 Å². The fraction of sp³-hybridized carbons (Fsp3) is 0.158. The van der Waals surface area contributed by atoms with E-state index < -0.39 is 0 Å². The average Bonchev–Trinajstić information content (AvgIpc) is 3.06. The summed E-state index contributed by atoms with van der Waals surface area (Å²) in [5, 5.41) is 10.3. The van der Waals surface area contributed by atoms with Crippen LogP contribution in [-0.4, -0.2) is 24.7 Å². The Morgan fingerprint density at radius 3 is 2.75 bits per heavy atom. The minimum absolute atomic E-state index is 0.142. The smallest absolute Gasteiger partial charge is 0.258 e. The standard InChI is InChI=1S/C19H16ClN5O2S/c1-25-17(10-27-13-8-6-12(20)7-9-13)23-24-19(25)28-11-16-21-15-5-3-2-4-14(15)18(26)22-16/h2-9H,10-11H2,1H3,(H,21,22,26). The average molecular weight is 414 g/mol. The second-order valence-electron chi connectivity index (χ2n) is 6.02. The number of hydrogen-bond acceptors (Lipinski definition) is 6. The Morgan fingerprint density at radius 2 is 1.93 bits per heavy atom. The van der Waals surface area contributed by atoms with Crippen LogP contribution in [0.25, 0.3) is 10.9 Å². The molecule has 7 nitrogen and oxygen atoms in total. The minimum Gasteiger partial charge on any atom is -0.486 e. The van der Waals surface area contributed by atoms with E-state index in [9.17, 15) is 4.79 Å². The van der Waals surface area contributed by atoms with Gasteiger partial charge >= 0.3 is 0 Å². The molecule has 0 saturated heterocycles. The van der Waals surface area contributed by atoms with Crippen molar-refractivity contribution in [2.24, 2.45) is 7.05 Å². The van der Waals surface area contributed by atoms with E-state index in [2.05, 4.69) is 20.2 Å². The van der Waals surface area contributed by atoms with Gasteiger partial charge in [0.1, 0.15) is 18.2 Å². The number of H-pyrrole nitrogens is 1. The van der Waals surface area contributed by atoms with Gasteiger partial charge in [-0.2, -0.15) is 0 Å². The molecule has 0 radical (unpaired) electrons. The summed E-state index contributed by atoms with van der Waals surface area (Å²) in [4.78, 5) is 19.5. The van der Waals surface area contributed by atoms with Gasteiger partial charge in [0.15, 0.2) is 11.0 Å². The van der Waals surface area contributed by atoms with E-state index in [4.69, 9.17) is 16.3 Å². The molecule has 0 atom stereocenters. The first-order chi connectivity index (χ1) is 13.6. The highest BCUT2D eigenvalue weighted by atomic mass is 35.5. The van der Waals surface area contributed by atoms with Crippen molar-refractivity contribution in [3.8, 4) is 5.75 Å². The number of para-hydroxylation sites is 1. The minimum atomic E-state index is -0.142. The van der Waals surface area contributed by atoms with Crippen molar-refractivity contribution in [3.63, 3.8) is 0 Å². The third-order valence-electron chi connectivity index (χ3n) is 4.11. The van der Waals surface area contributed by atoms with Gasteiger partial charge in [0.25, 0.3) is 5.56 Å². The normalized spacial score (nSPS) is 11.1. The number of ether oxygens (including phenoxy) is 1. The van der Waals surface area contributed by atoms with Crippen molar-refractivity contribution in [3.05, 3.63) is 75.6 Å². The van der Waals surface area contributed by atoms with Crippen molar-refractivity contribution in [1.29, 1.82) is 0 Å². The number of nitrogens with zero attached hydrogens (tertiary/aromatic N) is 4. The highest BCUT2D eigenvalue weighted by Crippen LogP contribution is 2.21. The van der Waals surface area contributed by atoms with Crippen LogP contribution >= 0.6 is 23.4 Å². The number of aromatic nitrogens is 5. The number of rotatable bonds is 6. The number of benzene rings is 2. The first-order valence-corrected chi connectivity index (χ1v) is 9.84. The fourth-order valence-corrected chi connectivity index (χ4v) is 3.54. The number of thioether (sulfide) groups is 1. The monoisotopic (exact) mass is 413 g/mol. The lowest BCUT2D eigenvalue weighted by Crippen LogP contribution is -2.11. The maximum absolute atomic E-state index is 12.2. The van der Waals surface area contributed by atoms with Crippen molar-refractivity contribution >= 4 is 34.3 Å². The van der Waals surface area contributed by atoms with Crippen molar-refractivity contribution in [2.75, 3.05) is 0 Å². The zero-order valence-corrected chi connectivity index (χ0v) is 16.5. The first kappa shape index (κ1) is 18.5. The van der Waals surface area contributed by atoms with E-state index in [0.29, 0.717) is 44.2 Å². The van der Waals surface area contributed by atoms with Gasteiger partial charge in [-0.1, -0.05) is 35.5 Å². The number of fused-ring (bicyclic) bond motifs is 1. The van der Waals surface area contributed by atoms with Crippen LogP contribution in [0.3, 0.4) is 0 Å². The van der Waals surface area contributed by atoms with Crippen molar-refractivity contribution in [2.45, 2.75) is 17.5 Å². The molecule has 0 spiro atoms. The summed E-state index contributed by atoms with van der Waals surface area (Å²) in [5.41, 5.74) is 0.535. The van der Waals surface area contributed by atoms with E-state index in [1.807, 2.05) is 29.8 Å². The number of hydrogen-bond donors (Lipinski definition) is 1. The molecule has 2 aromatic heterocycles. The number of nitrogens with one attached hydrogen (secondary N) is 1. The molecular formula is C19H16ClN5O2S. The van der Waals surface area contributed by atoms with Crippen LogP contribution in [0.5, 0.6) is 5.75 Å². The molecule has 142 valence electrons. The second kappa shape index (κ2) is 8.04. The Kier molecular flexibility index (Phi) is 5.31. The molecule has 0 bridgehead atoms. The molecule has 4 rings (SSSR count). The van der Waals surface area contributed by atoms with Crippen LogP contribution in [0.2, 0.25) is 5.02 Å². The van der Waals surface area contributed by atoms with E-state index >= 15 is 0 Å². The SMILES string of the molecule is Cn1c(COc2ccc(Cl)cc2)nnc1SCc1nc2ccccc2c(=O)[nH]1. The van der Waals surface area contributed by atoms with Crippen LogP contribution in [0.1, 0.15) is 11.6 Å². The second-order valence-corrected chi connectivity index (χ2v) is 7.40. The molecular weight excluding hydrogens is 398 g/mol. The van der Waals surface area contributed by atoms with E-state index in [-0.39, 0.29) is 12.2 Å². The van der Waals surface area contributed by atoms with Gasteiger partial charge in [-0.15, -0.1) is 10.2 Å². The summed E-state index contributed by atoms with van der Waals surface area (Å²) in [6.07, 6.45) is 0. The van der Waals surface area contributed by atoms with Gasteiger partial charge in [-0.3, -0.25) is 4.79 Å². The molecule has 0 amide bonds. The third kappa shape index (κ3) is 4.02. The molecule has 1 N–H and O–H groups in total. The summed E-state index contributed by atoms with van der Waals surface area (Å²) >= 11 is 7.32. The van der Waals surface area contributed by atoms with Gasteiger partial charge in [0.2, 0.25) is 0 Å². The largest absolute Gasteiger partial charge is 0.486 e. The Bertz CT molecular complexity index is 1170. The van der Waals surface area contributed by atoms with Gasteiger partial charge in [-0.05, 0) is 36.4 Å². The quantitative estimate of drug-likeness (QED) is 0.486. The Balaban J connectivity index is 1.43. The highest BCUT2D eigenvalue weighted by molar-refractivity contribution is 7.98. The molecule has 0 unspecified atom stereocenters. The maximum atomic E-state index is 12.2. The first-order valence-electron chi connectivity index (χ1n) is 8.47. The molecule has 0 saturated carbocycles. The van der Waals surface area contributed by atoms with Crippen LogP contribution in [0.15, 0.2) is 58.5 Å². The Labute approximate surface area is 169 Å². The molecule has 0 aliphatic rings. The molecule has 28 heavy (non-hydrogen) atoms. The van der Waals surface area contributed by atoms with Crippen LogP contribution in [0, 0.1) is 0 Å². The molecule has 0 fully saturated rings. The molecule has 4 aromatic rings. The topological polar surface area (TPSA) is 85.7 Å². The fourth-order valence-electron chi connectivity index (χ4n) is 2.61. The molecule has 2 heterocycles. The van der Waals surface area contributed by atoms with E-state index in [1.54, 1.807) is 30.3 Å². The maximum Gasteiger partial charge on any atom is 0.258 e. The predicted molar refractivity (Wildman–Crippen MR) is 109 cm³/mol. The number of aromatic amines is 1. The molecule has 0 aliphatic heterocycles. The third-order valence-corrected chi connectivity index (χ3v) is 5.39. The van der Waals surface area contributed by atoms with E-state index in [1.165, 1.54) is 11.8 Å². The Morgan fingerprint density at radius 1 is 1.14 bits per heavy atom. The van der Waals surface area contributed by atoms with Crippen LogP contribution in [0.4, 0.5) is 0 Å². The summed E-state index contributed by atoms with van der Waals surface area (Å²) < 4.78 is 7.58. The number of halogens is 1. The van der Waals surface area contributed by atoms with Crippen LogP contribution < -0.4 is 10.3 Å². The Hall–Kier alpha value is -2.84. The molecule has 0 aliphatic carbocycles. The lowest BCUT2D eigenvalue weighted by atomic mass is 10.2. The summed E-state index contributed by atoms with van der Waals surface area (Å²) in [6, 6.07) is 14.4. The zero-order chi connectivity index (χ0) is 19.5.